The van der Waals surface area contributed by atoms with Crippen LogP contribution in [0.5, 0.6) is 0 Å². The van der Waals surface area contributed by atoms with Gasteiger partial charge >= 0.3 is 110 Å². The van der Waals surface area contributed by atoms with E-state index in [2.05, 4.69) is 41.5 Å². The van der Waals surface area contributed by atoms with E-state index in [4.69, 9.17) is 0 Å². The fourth-order valence-electron chi connectivity index (χ4n) is 3.45. The SMILES string of the molecule is CC(C)(C)C1CCC[CH]([SbH2])C1C(C)(C)C. The predicted octanol–water partition coefficient (Wildman–Crippen LogP) is 3.92. The molecule has 90 valence electrons. The second kappa shape index (κ2) is 4.59. The summed E-state index contributed by atoms with van der Waals surface area (Å²) in [6, 6.07) is 0. The Balaban J connectivity index is 2.93. The molecular formula is C14H29Sb. The molecule has 0 spiro atoms. The molecule has 0 radical (unpaired) electrons. The summed E-state index contributed by atoms with van der Waals surface area (Å²) in [5.41, 5.74) is 1.00. The van der Waals surface area contributed by atoms with E-state index in [0.717, 1.165) is 15.7 Å². The quantitative estimate of drug-likeness (QED) is 0.594. The zero-order valence-electron chi connectivity index (χ0n) is 11.4. The van der Waals surface area contributed by atoms with Crippen molar-refractivity contribution in [2.45, 2.75) is 64.7 Å². The van der Waals surface area contributed by atoms with E-state index >= 15 is 0 Å². The van der Waals surface area contributed by atoms with E-state index in [1.54, 1.807) is 0 Å². The topological polar surface area (TPSA) is 0 Å². The molecule has 15 heavy (non-hydrogen) atoms. The molecule has 1 rings (SSSR count). The minimum absolute atomic E-state index is 0.500. The first-order valence-electron chi connectivity index (χ1n) is 6.39. The maximum absolute atomic E-state index is 2.45. The van der Waals surface area contributed by atoms with E-state index < -0.39 is 0 Å². The summed E-state index contributed by atoms with van der Waals surface area (Å²) in [6.07, 6.45) is 4.43. The molecule has 0 heterocycles. The third-order valence-electron chi connectivity index (χ3n) is 4.06. The third kappa shape index (κ3) is 3.39. The molecule has 0 aromatic heterocycles. The molecule has 1 aliphatic rings. The molecule has 0 bridgehead atoms. The van der Waals surface area contributed by atoms with Crippen LogP contribution in [0.3, 0.4) is 0 Å². The van der Waals surface area contributed by atoms with E-state index in [0.29, 0.717) is 10.8 Å². The number of hydrogen-bond acceptors (Lipinski definition) is 0. The van der Waals surface area contributed by atoms with Crippen LogP contribution in [0.2, 0.25) is 3.86 Å². The molecule has 1 saturated carbocycles. The standard InChI is InChI=1S/C14H27.Sb.2H/c1-13(2,3)11-9-7-8-10-12(11)14(4,5)6;;;/h9,11-12H,7-8,10H2,1-6H3;;;. The fourth-order valence-corrected chi connectivity index (χ4v) is 6.53. The van der Waals surface area contributed by atoms with Crippen LogP contribution >= 0.6 is 0 Å². The average Bonchev–Trinajstić information content (AvgIpc) is 1.99. The van der Waals surface area contributed by atoms with Gasteiger partial charge in [0, 0.05) is 0 Å². The van der Waals surface area contributed by atoms with Gasteiger partial charge in [0.05, 0.1) is 0 Å². The van der Waals surface area contributed by atoms with Gasteiger partial charge in [-0.2, -0.15) is 0 Å². The molecule has 3 atom stereocenters. The van der Waals surface area contributed by atoms with Gasteiger partial charge in [-0.15, -0.1) is 0 Å². The summed E-state index contributed by atoms with van der Waals surface area (Å²) in [5, 5.41) is 0. The van der Waals surface area contributed by atoms with Crippen molar-refractivity contribution in [3.63, 3.8) is 0 Å². The fraction of sp³-hybridized carbons (Fsp3) is 1.00. The van der Waals surface area contributed by atoms with Crippen molar-refractivity contribution in [1.29, 1.82) is 0 Å². The first-order chi connectivity index (χ1) is 6.64. The van der Waals surface area contributed by atoms with Crippen LogP contribution in [0.4, 0.5) is 0 Å². The van der Waals surface area contributed by atoms with Gasteiger partial charge in [0.1, 0.15) is 0 Å². The Kier molecular flexibility index (Phi) is 4.25. The van der Waals surface area contributed by atoms with E-state index in [1.165, 1.54) is 42.3 Å². The van der Waals surface area contributed by atoms with Crippen LogP contribution in [0, 0.1) is 22.7 Å². The summed E-state index contributed by atoms with van der Waals surface area (Å²) in [4.78, 5) is 0. The Hall–Kier alpha value is 0.818. The molecular weight excluding hydrogens is 290 g/mol. The Morgan fingerprint density at radius 3 is 1.73 bits per heavy atom. The molecule has 0 N–H and O–H groups in total. The first kappa shape index (κ1) is 13.9. The van der Waals surface area contributed by atoms with Gasteiger partial charge in [-0.3, -0.25) is 0 Å². The van der Waals surface area contributed by atoms with Crippen LogP contribution < -0.4 is 0 Å². The van der Waals surface area contributed by atoms with Gasteiger partial charge < -0.3 is 0 Å². The minimum atomic E-state index is 0.500. The van der Waals surface area contributed by atoms with Crippen LogP contribution in [0.15, 0.2) is 0 Å². The van der Waals surface area contributed by atoms with Crippen molar-refractivity contribution in [2.75, 3.05) is 0 Å². The first-order valence-corrected chi connectivity index (χ1v) is 8.30. The van der Waals surface area contributed by atoms with Gasteiger partial charge in [-0.05, 0) is 0 Å². The zero-order chi connectivity index (χ0) is 11.9. The van der Waals surface area contributed by atoms with Gasteiger partial charge in [-0.25, -0.2) is 0 Å². The van der Waals surface area contributed by atoms with Gasteiger partial charge in [0.25, 0.3) is 0 Å². The second-order valence-electron chi connectivity index (χ2n) is 7.46. The van der Waals surface area contributed by atoms with Crippen LogP contribution in [0.25, 0.3) is 0 Å². The summed E-state index contributed by atoms with van der Waals surface area (Å²) in [5.74, 6) is 1.89. The molecule has 1 heteroatoms. The second-order valence-corrected chi connectivity index (χ2v) is 9.90. The molecule has 0 saturated heterocycles. The molecule has 0 aromatic carbocycles. The van der Waals surface area contributed by atoms with Gasteiger partial charge in [-0.1, -0.05) is 0 Å². The normalized spacial score (nSPS) is 34.2. The zero-order valence-corrected chi connectivity index (χ0v) is 14.7. The molecule has 0 nitrogen and oxygen atoms in total. The van der Waals surface area contributed by atoms with Crippen molar-refractivity contribution >= 4 is 23.0 Å². The Bertz CT molecular complexity index is 206. The summed E-state index contributed by atoms with van der Waals surface area (Å²) in [6.45, 7) is 14.7. The van der Waals surface area contributed by atoms with Gasteiger partial charge in [0.2, 0.25) is 0 Å². The molecule has 3 unspecified atom stereocenters. The molecule has 0 amide bonds. The van der Waals surface area contributed by atoms with Crippen LogP contribution in [0.1, 0.15) is 60.8 Å². The van der Waals surface area contributed by atoms with Crippen LogP contribution in [-0.4, -0.2) is 23.0 Å². The Labute approximate surface area is 110 Å². The van der Waals surface area contributed by atoms with Gasteiger partial charge in [0.15, 0.2) is 0 Å². The average molecular weight is 319 g/mol. The maximum atomic E-state index is 2.45. The van der Waals surface area contributed by atoms with Crippen molar-refractivity contribution in [3.8, 4) is 0 Å². The molecule has 1 aliphatic carbocycles. The Morgan fingerprint density at radius 2 is 1.40 bits per heavy atom. The molecule has 0 aromatic rings. The Morgan fingerprint density at radius 1 is 0.867 bits per heavy atom. The van der Waals surface area contributed by atoms with E-state index in [1.807, 2.05) is 0 Å². The molecule has 1 fully saturated rings. The van der Waals surface area contributed by atoms with Crippen molar-refractivity contribution in [1.82, 2.24) is 0 Å². The van der Waals surface area contributed by atoms with Crippen molar-refractivity contribution in [3.05, 3.63) is 0 Å². The van der Waals surface area contributed by atoms with E-state index in [9.17, 15) is 0 Å². The third-order valence-corrected chi connectivity index (χ3v) is 6.19. The van der Waals surface area contributed by atoms with Crippen LogP contribution in [-0.2, 0) is 0 Å². The van der Waals surface area contributed by atoms with Crippen molar-refractivity contribution < 1.29 is 0 Å². The van der Waals surface area contributed by atoms with Crippen molar-refractivity contribution in [2.24, 2.45) is 22.7 Å². The van der Waals surface area contributed by atoms with E-state index in [-0.39, 0.29) is 0 Å². The summed E-state index contributed by atoms with van der Waals surface area (Å²) >= 11 is 1.46. The predicted molar refractivity (Wildman–Crippen MR) is 72.0 cm³/mol. The number of hydrogen-bond donors (Lipinski definition) is 0. The summed E-state index contributed by atoms with van der Waals surface area (Å²) < 4.78 is 1.04. The summed E-state index contributed by atoms with van der Waals surface area (Å²) in [7, 11) is 0. The number of rotatable bonds is 0. The monoisotopic (exact) mass is 318 g/mol. The molecule has 0 aliphatic heterocycles.